The van der Waals surface area contributed by atoms with Crippen LogP contribution >= 0.6 is 0 Å². The summed E-state index contributed by atoms with van der Waals surface area (Å²) in [7, 11) is 0. The maximum atomic E-state index is 13.3. The maximum absolute atomic E-state index is 13.3. The fraction of sp³-hybridized carbons (Fsp3) is 0.318. The third-order valence-electron chi connectivity index (χ3n) is 5.31. The summed E-state index contributed by atoms with van der Waals surface area (Å²) in [6.45, 7) is 0.909. The van der Waals surface area contributed by atoms with Crippen LogP contribution in [0.2, 0.25) is 0 Å². The summed E-state index contributed by atoms with van der Waals surface area (Å²) in [5.41, 5.74) is 4.18. The second-order valence-electron chi connectivity index (χ2n) is 7.12. The topological polar surface area (TPSA) is 57.0 Å². The van der Waals surface area contributed by atoms with Gasteiger partial charge in [-0.05, 0) is 54.7 Å². The molecule has 0 saturated carbocycles. The van der Waals surface area contributed by atoms with Gasteiger partial charge in [-0.2, -0.15) is 5.26 Å². The van der Waals surface area contributed by atoms with Gasteiger partial charge in [-0.3, -0.25) is 4.79 Å². The van der Waals surface area contributed by atoms with E-state index in [1.807, 2.05) is 36.4 Å². The van der Waals surface area contributed by atoms with E-state index in [1.165, 1.54) is 0 Å². The van der Waals surface area contributed by atoms with Crippen LogP contribution in [0.1, 0.15) is 51.6 Å². The van der Waals surface area contributed by atoms with E-state index in [4.69, 9.17) is 5.26 Å². The maximum Gasteiger partial charge on any atom is 0.272 e. The number of pyridine rings is 1. The van der Waals surface area contributed by atoms with Gasteiger partial charge in [0.05, 0.1) is 17.3 Å². The van der Waals surface area contributed by atoms with E-state index in [1.54, 1.807) is 11.0 Å². The molecule has 2 heterocycles. The van der Waals surface area contributed by atoms with Gasteiger partial charge >= 0.3 is 0 Å². The molecule has 4 nitrogen and oxygen atoms in total. The zero-order valence-electron chi connectivity index (χ0n) is 14.9. The number of likely N-dealkylation sites (tertiary alicyclic amines) is 1. The van der Waals surface area contributed by atoms with Crippen LogP contribution in [0.25, 0.3) is 6.08 Å². The first-order chi connectivity index (χ1) is 13.1. The summed E-state index contributed by atoms with van der Waals surface area (Å²) >= 11 is 0. The number of fused-ring (bicyclic) bond motifs is 1. The molecule has 0 N–H and O–H groups in total. The molecule has 2 aromatic rings. The first-order valence-electron chi connectivity index (χ1n) is 9.25. The number of halogens is 1. The van der Waals surface area contributed by atoms with Crippen molar-refractivity contribution in [2.75, 3.05) is 13.1 Å². The fourth-order valence-corrected chi connectivity index (χ4v) is 3.72. The van der Waals surface area contributed by atoms with Crippen molar-refractivity contribution in [1.29, 1.82) is 5.26 Å². The summed E-state index contributed by atoms with van der Waals surface area (Å²) in [6, 6.07) is 13.5. The van der Waals surface area contributed by atoms with Crippen molar-refractivity contribution in [3.63, 3.8) is 0 Å². The largest absolute Gasteiger partial charge is 0.337 e. The number of nitriles is 1. The summed E-state index contributed by atoms with van der Waals surface area (Å²) in [5.74, 6) is 0.0977. The van der Waals surface area contributed by atoms with Crippen molar-refractivity contribution in [3.05, 3.63) is 70.6 Å². The molecule has 0 spiro atoms. The van der Waals surface area contributed by atoms with Gasteiger partial charge in [0, 0.05) is 19.0 Å². The fourth-order valence-electron chi connectivity index (χ4n) is 3.72. The summed E-state index contributed by atoms with van der Waals surface area (Å²) in [6.07, 6.45) is 4.92. The van der Waals surface area contributed by atoms with Crippen LogP contribution in [0.15, 0.2) is 42.5 Å². The lowest BCUT2D eigenvalue weighted by Crippen LogP contribution is -2.39. The summed E-state index contributed by atoms with van der Waals surface area (Å²) in [4.78, 5) is 18.9. The Kier molecular flexibility index (Phi) is 4.72. The molecule has 1 unspecified atom stereocenters. The minimum atomic E-state index is -0.798. The summed E-state index contributed by atoms with van der Waals surface area (Å²) in [5, 5.41) is 8.90. The van der Waals surface area contributed by atoms with Crippen LogP contribution in [0.4, 0.5) is 4.39 Å². The van der Waals surface area contributed by atoms with Crippen LogP contribution in [-0.2, 0) is 6.42 Å². The predicted octanol–water partition coefficient (Wildman–Crippen LogP) is 3.88. The van der Waals surface area contributed by atoms with Gasteiger partial charge in [0.15, 0.2) is 0 Å². The molecular formula is C22H20FN3O. The van der Waals surface area contributed by atoms with Gasteiger partial charge in [-0.15, -0.1) is 0 Å². The van der Waals surface area contributed by atoms with Crippen molar-refractivity contribution in [2.45, 2.75) is 31.4 Å². The van der Waals surface area contributed by atoms with Crippen molar-refractivity contribution in [1.82, 2.24) is 9.88 Å². The van der Waals surface area contributed by atoms with Gasteiger partial charge in [0.25, 0.3) is 5.91 Å². The van der Waals surface area contributed by atoms with Crippen molar-refractivity contribution in [2.24, 2.45) is 0 Å². The molecule has 27 heavy (non-hydrogen) atoms. The Labute approximate surface area is 158 Å². The molecule has 1 aliphatic heterocycles. The lowest BCUT2D eigenvalue weighted by molar-refractivity contribution is 0.0661. The number of carbonyl (C=O) groups excluding carboxylic acids is 1. The molecule has 1 aromatic heterocycles. The SMILES string of the molecule is N#Cc1ccc(CC2C=Cc3nc(C(=O)N4CCC(F)CC4)ccc32)cc1. The normalized spacial score (nSPS) is 19.0. The Morgan fingerprint density at radius 3 is 2.63 bits per heavy atom. The van der Waals surface area contributed by atoms with E-state index >= 15 is 0 Å². The molecule has 2 aliphatic rings. The quantitative estimate of drug-likeness (QED) is 0.834. The van der Waals surface area contributed by atoms with Crippen LogP contribution in [-0.4, -0.2) is 35.1 Å². The lowest BCUT2D eigenvalue weighted by Gasteiger charge is -2.28. The molecule has 136 valence electrons. The number of allylic oxidation sites excluding steroid dienone is 1. The Morgan fingerprint density at radius 1 is 1.19 bits per heavy atom. The number of amides is 1. The first kappa shape index (κ1) is 17.4. The molecule has 1 aromatic carbocycles. The van der Waals surface area contributed by atoms with E-state index in [-0.39, 0.29) is 11.8 Å². The third kappa shape index (κ3) is 3.61. The number of hydrogen-bond acceptors (Lipinski definition) is 3. The van der Waals surface area contributed by atoms with Crippen LogP contribution < -0.4 is 0 Å². The lowest BCUT2D eigenvalue weighted by atomic mass is 9.94. The molecule has 1 saturated heterocycles. The van der Waals surface area contributed by atoms with E-state index in [9.17, 15) is 9.18 Å². The number of alkyl halides is 1. The molecule has 1 atom stereocenters. The monoisotopic (exact) mass is 361 g/mol. The average Bonchev–Trinajstić information content (AvgIpc) is 3.10. The second kappa shape index (κ2) is 7.32. The van der Waals surface area contributed by atoms with Crippen LogP contribution in [0, 0.1) is 11.3 Å². The average molecular weight is 361 g/mol. The van der Waals surface area contributed by atoms with Gasteiger partial charge < -0.3 is 4.90 Å². The smallest absolute Gasteiger partial charge is 0.272 e. The summed E-state index contributed by atoms with van der Waals surface area (Å²) < 4.78 is 13.3. The number of carbonyl (C=O) groups is 1. The Morgan fingerprint density at radius 2 is 1.93 bits per heavy atom. The first-order valence-corrected chi connectivity index (χ1v) is 9.25. The third-order valence-corrected chi connectivity index (χ3v) is 5.31. The van der Waals surface area contributed by atoms with Gasteiger partial charge in [0.2, 0.25) is 0 Å². The van der Waals surface area contributed by atoms with Crippen molar-refractivity contribution in [3.8, 4) is 6.07 Å². The van der Waals surface area contributed by atoms with Gasteiger partial charge in [-0.1, -0.05) is 24.3 Å². The van der Waals surface area contributed by atoms with Gasteiger partial charge in [0.1, 0.15) is 11.9 Å². The highest BCUT2D eigenvalue weighted by molar-refractivity contribution is 5.92. The molecular weight excluding hydrogens is 341 g/mol. The Bertz CT molecular complexity index is 922. The highest BCUT2D eigenvalue weighted by Crippen LogP contribution is 2.32. The molecule has 1 aliphatic carbocycles. The second-order valence-corrected chi connectivity index (χ2v) is 7.12. The highest BCUT2D eigenvalue weighted by atomic mass is 19.1. The molecule has 5 heteroatoms. The van der Waals surface area contributed by atoms with Crippen LogP contribution in [0.3, 0.4) is 0 Å². The number of aromatic nitrogens is 1. The molecule has 0 radical (unpaired) electrons. The zero-order valence-corrected chi connectivity index (χ0v) is 14.9. The van der Waals surface area contributed by atoms with Crippen LogP contribution in [0.5, 0.6) is 0 Å². The predicted molar refractivity (Wildman–Crippen MR) is 101 cm³/mol. The minimum absolute atomic E-state index is 0.117. The molecule has 0 bridgehead atoms. The number of hydrogen-bond donors (Lipinski definition) is 0. The van der Waals surface area contributed by atoms with E-state index in [2.05, 4.69) is 17.1 Å². The zero-order chi connectivity index (χ0) is 18.8. The molecule has 1 fully saturated rings. The minimum Gasteiger partial charge on any atom is -0.337 e. The number of piperidine rings is 1. The van der Waals surface area contributed by atoms with Crippen molar-refractivity contribution >= 4 is 12.0 Å². The standard InChI is InChI=1S/C22H20FN3O/c23-18-9-11-26(12-10-18)22(27)21-8-6-19-17(5-7-20(19)25-21)13-15-1-3-16(14-24)4-2-15/h1-8,17-18H,9-13H2. The number of rotatable bonds is 3. The van der Waals surface area contributed by atoms with Gasteiger partial charge in [-0.25, -0.2) is 9.37 Å². The highest BCUT2D eigenvalue weighted by Gasteiger charge is 2.26. The van der Waals surface area contributed by atoms with Crippen molar-refractivity contribution < 1.29 is 9.18 Å². The Hall–Kier alpha value is -3.00. The number of nitrogens with zero attached hydrogens (tertiary/aromatic N) is 3. The molecule has 4 rings (SSSR count). The number of benzene rings is 1. The van der Waals surface area contributed by atoms with E-state index < -0.39 is 6.17 Å². The van der Waals surface area contributed by atoms with E-state index in [0.717, 1.165) is 23.2 Å². The molecule has 1 amide bonds. The Balaban J connectivity index is 1.48. The van der Waals surface area contributed by atoms with E-state index in [0.29, 0.717) is 37.2 Å².